The first-order valence-corrected chi connectivity index (χ1v) is 3.88. The minimum atomic E-state index is -0.914. The number of hydrogen-bond donors (Lipinski definition) is 1. The van der Waals surface area contributed by atoms with E-state index >= 15 is 0 Å². The lowest BCUT2D eigenvalue weighted by Gasteiger charge is -2.13. The second kappa shape index (κ2) is 4.04. The maximum absolute atomic E-state index is 10.8. The van der Waals surface area contributed by atoms with Crippen LogP contribution in [0.5, 0.6) is 0 Å². The Morgan fingerprint density at radius 3 is 2.92 bits per heavy atom. The van der Waals surface area contributed by atoms with Crippen LogP contribution in [0, 0.1) is 6.92 Å². The molecule has 1 aromatic rings. The summed E-state index contributed by atoms with van der Waals surface area (Å²) in [5, 5.41) is 8.87. The number of carboxylic acid groups (broad SMARTS) is 1. The number of aliphatic carboxylic acids is 1. The zero-order valence-corrected chi connectivity index (χ0v) is 7.60. The molecule has 1 unspecified atom stereocenters. The van der Waals surface area contributed by atoms with Gasteiger partial charge < -0.3 is 14.4 Å². The summed E-state index contributed by atoms with van der Waals surface area (Å²) < 4.78 is 6.39. The number of ether oxygens (including phenoxy) is 1. The lowest BCUT2D eigenvalue weighted by Crippen LogP contribution is -2.23. The van der Waals surface area contributed by atoms with E-state index in [0.29, 0.717) is 5.82 Å². The summed E-state index contributed by atoms with van der Waals surface area (Å²) >= 11 is 0. The molecule has 0 aliphatic heterocycles. The Bertz CT molecular complexity index is 295. The first kappa shape index (κ1) is 9.73. The van der Waals surface area contributed by atoms with Gasteiger partial charge in [0.1, 0.15) is 5.82 Å². The lowest BCUT2D eigenvalue weighted by atomic mass is 10.3. The number of hydrogen-bond acceptors (Lipinski definition) is 3. The molecule has 0 spiro atoms. The van der Waals surface area contributed by atoms with Crippen molar-refractivity contribution in [3.05, 3.63) is 18.2 Å². The fourth-order valence-corrected chi connectivity index (χ4v) is 1.15. The molecule has 1 atom stereocenters. The van der Waals surface area contributed by atoms with Crippen LogP contribution in [-0.4, -0.2) is 34.3 Å². The van der Waals surface area contributed by atoms with Gasteiger partial charge in [-0.15, -0.1) is 0 Å². The summed E-state index contributed by atoms with van der Waals surface area (Å²) in [6.45, 7) is 1.90. The highest BCUT2D eigenvalue weighted by atomic mass is 16.5. The topological polar surface area (TPSA) is 64.3 Å². The van der Waals surface area contributed by atoms with Gasteiger partial charge >= 0.3 is 5.97 Å². The molecule has 1 aromatic heterocycles. The summed E-state index contributed by atoms with van der Waals surface area (Å²) in [5.41, 5.74) is 0. The molecule has 72 valence electrons. The zero-order valence-electron chi connectivity index (χ0n) is 7.60. The number of aromatic nitrogens is 2. The van der Waals surface area contributed by atoms with Gasteiger partial charge in [-0.25, -0.2) is 9.78 Å². The normalized spacial score (nSPS) is 12.8. The van der Waals surface area contributed by atoms with E-state index in [4.69, 9.17) is 9.84 Å². The predicted octanol–water partition coefficient (Wildman–Crippen LogP) is 0.464. The molecule has 5 heteroatoms. The third-order valence-electron chi connectivity index (χ3n) is 1.81. The highest BCUT2D eigenvalue weighted by Crippen LogP contribution is 2.09. The monoisotopic (exact) mass is 184 g/mol. The molecule has 1 rings (SSSR count). The van der Waals surface area contributed by atoms with Gasteiger partial charge in [-0.1, -0.05) is 0 Å². The number of carbonyl (C=O) groups is 1. The molecular formula is C8H12N2O3. The average molecular weight is 184 g/mol. The van der Waals surface area contributed by atoms with Crippen molar-refractivity contribution in [2.75, 3.05) is 13.7 Å². The van der Waals surface area contributed by atoms with Crippen molar-refractivity contribution >= 4 is 5.97 Å². The number of rotatable bonds is 4. The van der Waals surface area contributed by atoms with Crippen molar-refractivity contribution in [1.82, 2.24) is 9.55 Å². The molecule has 0 aliphatic carbocycles. The summed E-state index contributed by atoms with van der Waals surface area (Å²) in [6, 6.07) is -0.688. The fourth-order valence-electron chi connectivity index (χ4n) is 1.15. The lowest BCUT2D eigenvalue weighted by molar-refractivity contribution is -0.142. The van der Waals surface area contributed by atoms with Gasteiger partial charge in [0.25, 0.3) is 0 Å². The first-order valence-electron chi connectivity index (χ1n) is 3.88. The quantitative estimate of drug-likeness (QED) is 0.738. The van der Waals surface area contributed by atoms with Crippen molar-refractivity contribution in [2.45, 2.75) is 13.0 Å². The van der Waals surface area contributed by atoms with Crippen LogP contribution in [0.15, 0.2) is 12.4 Å². The number of aryl methyl sites for hydroxylation is 1. The minimum absolute atomic E-state index is 0.145. The van der Waals surface area contributed by atoms with E-state index in [1.165, 1.54) is 7.11 Å². The minimum Gasteiger partial charge on any atom is -0.480 e. The van der Waals surface area contributed by atoms with Gasteiger partial charge in [0, 0.05) is 19.5 Å². The first-order chi connectivity index (χ1) is 6.16. The molecule has 13 heavy (non-hydrogen) atoms. The van der Waals surface area contributed by atoms with Crippen molar-refractivity contribution in [3.8, 4) is 0 Å². The SMILES string of the molecule is COCC(C(=O)O)n1ccnc1C. The maximum atomic E-state index is 10.8. The van der Waals surface area contributed by atoms with Crippen LogP contribution >= 0.6 is 0 Å². The van der Waals surface area contributed by atoms with E-state index < -0.39 is 12.0 Å². The molecular weight excluding hydrogens is 172 g/mol. The van der Waals surface area contributed by atoms with Crippen molar-refractivity contribution in [3.63, 3.8) is 0 Å². The third-order valence-corrected chi connectivity index (χ3v) is 1.81. The third kappa shape index (κ3) is 2.06. The van der Waals surface area contributed by atoms with E-state index in [0.717, 1.165) is 0 Å². The van der Waals surface area contributed by atoms with Crippen LogP contribution < -0.4 is 0 Å². The Balaban J connectivity index is 2.88. The second-order valence-corrected chi connectivity index (χ2v) is 2.69. The van der Waals surface area contributed by atoms with Crippen molar-refractivity contribution in [1.29, 1.82) is 0 Å². The average Bonchev–Trinajstić information content (AvgIpc) is 2.47. The van der Waals surface area contributed by atoms with E-state index in [-0.39, 0.29) is 6.61 Å². The molecule has 1 N–H and O–H groups in total. The largest absolute Gasteiger partial charge is 0.480 e. The van der Waals surface area contributed by atoms with Crippen LogP contribution in [0.3, 0.4) is 0 Å². The van der Waals surface area contributed by atoms with Crippen molar-refractivity contribution < 1.29 is 14.6 Å². The Morgan fingerprint density at radius 2 is 2.54 bits per heavy atom. The number of nitrogens with zero attached hydrogens (tertiary/aromatic N) is 2. The summed E-state index contributed by atoms with van der Waals surface area (Å²) in [6.07, 6.45) is 3.20. The Hall–Kier alpha value is -1.36. The van der Waals surface area contributed by atoms with E-state index in [1.54, 1.807) is 23.9 Å². The summed E-state index contributed by atoms with van der Waals surface area (Å²) in [4.78, 5) is 14.8. The van der Waals surface area contributed by atoms with Gasteiger partial charge in [-0.3, -0.25) is 0 Å². The van der Waals surface area contributed by atoms with Crippen LogP contribution in [0.25, 0.3) is 0 Å². The molecule has 0 aromatic carbocycles. The molecule has 5 nitrogen and oxygen atoms in total. The molecule has 0 radical (unpaired) electrons. The van der Waals surface area contributed by atoms with Gasteiger partial charge in [-0.05, 0) is 6.92 Å². The Labute approximate surface area is 76.0 Å². The molecule has 0 amide bonds. The van der Waals surface area contributed by atoms with Gasteiger partial charge in [-0.2, -0.15) is 0 Å². The number of imidazole rings is 1. The number of methoxy groups -OCH3 is 1. The molecule has 0 bridgehead atoms. The predicted molar refractivity (Wildman–Crippen MR) is 45.5 cm³/mol. The smallest absolute Gasteiger partial charge is 0.329 e. The molecule has 0 saturated heterocycles. The zero-order chi connectivity index (χ0) is 9.84. The van der Waals surface area contributed by atoms with Gasteiger partial charge in [0.05, 0.1) is 6.61 Å². The molecule has 0 fully saturated rings. The number of carboxylic acids is 1. The Kier molecular flexibility index (Phi) is 3.02. The molecule has 0 aliphatic rings. The highest BCUT2D eigenvalue weighted by Gasteiger charge is 2.20. The van der Waals surface area contributed by atoms with Crippen molar-refractivity contribution in [2.24, 2.45) is 0 Å². The second-order valence-electron chi connectivity index (χ2n) is 2.69. The molecule has 0 saturated carbocycles. The fraction of sp³-hybridized carbons (Fsp3) is 0.500. The van der Waals surface area contributed by atoms with E-state index in [9.17, 15) is 4.79 Å². The standard InChI is InChI=1S/C8H12N2O3/c1-6-9-3-4-10(6)7(5-13-2)8(11)12/h3-4,7H,5H2,1-2H3,(H,11,12). The maximum Gasteiger partial charge on any atom is 0.329 e. The van der Waals surface area contributed by atoms with E-state index in [1.807, 2.05) is 0 Å². The Morgan fingerprint density at radius 1 is 1.85 bits per heavy atom. The van der Waals surface area contributed by atoms with Crippen LogP contribution in [0.2, 0.25) is 0 Å². The summed E-state index contributed by atoms with van der Waals surface area (Å²) in [7, 11) is 1.47. The van der Waals surface area contributed by atoms with Crippen LogP contribution in [-0.2, 0) is 9.53 Å². The van der Waals surface area contributed by atoms with Crippen LogP contribution in [0.4, 0.5) is 0 Å². The van der Waals surface area contributed by atoms with E-state index in [2.05, 4.69) is 4.98 Å². The molecule has 1 heterocycles. The van der Waals surface area contributed by atoms with Crippen LogP contribution in [0.1, 0.15) is 11.9 Å². The van der Waals surface area contributed by atoms with Gasteiger partial charge in [0.15, 0.2) is 6.04 Å². The summed E-state index contributed by atoms with van der Waals surface area (Å²) in [5.74, 6) is -0.243. The van der Waals surface area contributed by atoms with Gasteiger partial charge in [0.2, 0.25) is 0 Å². The highest BCUT2D eigenvalue weighted by molar-refractivity contribution is 5.72.